The number of nitrogens with one attached hydrogen (secondary N) is 1. The average Bonchev–Trinajstić information content (AvgIpc) is 2.48. The van der Waals surface area contributed by atoms with Gasteiger partial charge >= 0.3 is 0 Å². The molecule has 0 saturated heterocycles. The van der Waals surface area contributed by atoms with Crippen LogP contribution in [0.15, 0.2) is 24.3 Å². The first-order valence-corrected chi connectivity index (χ1v) is 8.71. The van der Waals surface area contributed by atoms with Gasteiger partial charge in [0.2, 0.25) is 11.8 Å². The molecule has 22 heavy (non-hydrogen) atoms. The predicted octanol–water partition coefficient (Wildman–Crippen LogP) is 2.28. The number of carbonyl (C=O) groups is 2. The van der Waals surface area contributed by atoms with Crippen molar-refractivity contribution in [3.05, 3.63) is 29.3 Å². The van der Waals surface area contributed by atoms with E-state index >= 15 is 0 Å². The summed E-state index contributed by atoms with van der Waals surface area (Å²) < 4.78 is 12.1. The fourth-order valence-electron chi connectivity index (χ4n) is 1.68. The van der Waals surface area contributed by atoms with Gasteiger partial charge in [-0.3, -0.25) is 13.8 Å². The molecule has 0 bridgehead atoms. The van der Waals surface area contributed by atoms with Crippen LogP contribution in [0.2, 0.25) is 5.02 Å². The van der Waals surface area contributed by atoms with E-state index in [-0.39, 0.29) is 11.8 Å². The van der Waals surface area contributed by atoms with Gasteiger partial charge in [-0.05, 0) is 25.5 Å². The van der Waals surface area contributed by atoms with E-state index in [0.717, 1.165) is 0 Å². The van der Waals surface area contributed by atoms with Crippen molar-refractivity contribution in [3.8, 4) is 0 Å². The van der Waals surface area contributed by atoms with Crippen LogP contribution >= 0.6 is 11.6 Å². The lowest BCUT2D eigenvalue weighted by molar-refractivity contribution is -0.128. The molecule has 1 aromatic rings. The van der Waals surface area contributed by atoms with Gasteiger partial charge in [-0.1, -0.05) is 23.7 Å². The fraction of sp³-hybridized carbons (Fsp3) is 0.467. The zero-order valence-corrected chi connectivity index (χ0v) is 14.5. The first kappa shape index (κ1) is 18.6. The number of amides is 2. The van der Waals surface area contributed by atoms with E-state index in [1.807, 2.05) is 0 Å². The number of hydrogen-bond acceptors (Lipinski definition) is 3. The molecule has 0 aliphatic heterocycles. The molecule has 2 atom stereocenters. The minimum Gasteiger partial charge on any atom is -0.349 e. The summed E-state index contributed by atoms with van der Waals surface area (Å²) in [5, 5.41) is 2.44. The Bertz CT molecular complexity index is 563. The van der Waals surface area contributed by atoms with Crippen LogP contribution < -0.4 is 5.32 Å². The topological polar surface area (TPSA) is 66.5 Å². The molecule has 0 unspecified atom stereocenters. The Kier molecular flexibility index (Phi) is 7.55. The van der Waals surface area contributed by atoms with Crippen molar-refractivity contribution in [1.29, 1.82) is 0 Å². The summed E-state index contributed by atoms with van der Waals surface area (Å²) in [6.45, 7) is 1.61. The zero-order chi connectivity index (χ0) is 16.7. The summed E-state index contributed by atoms with van der Waals surface area (Å²) in [7, 11) is 2.03. The van der Waals surface area contributed by atoms with Crippen LogP contribution in [0.4, 0.5) is 5.69 Å². The highest BCUT2D eigenvalue weighted by atomic mass is 35.5. The van der Waals surface area contributed by atoms with Crippen LogP contribution in [0.1, 0.15) is 19.8 Å². The van der Waals surface area contributed by atoms with Gasteiger partial charge in [-0.2, -0.15) is 0 Å². The Balaban J connectivity index is 2.47. The monoisotopic (exact) mass is 344 g/mol. The minimum absolute atomic E-state index is 0.00910. The Morgan fingerprint density at radius 1 is 1.32 bits per heavy atom. The molecule has 1 rings (SSSR count). The van der Waals surface area contributed by atoms with Crippen LogP contribution in [0.3, 0.4) is 0 Å². The number of para-hydroxylation sites is 1. The first-order valence-electron chi connectivity index (χ1n) is 6.95. The quantitative estimate of drug-likeness (QED) is 0.825. The summed E-state index contributed by atoms with van der Waals surface area (Å²) in [6, 6.07) is 6.88. The number of nitrogens with zero attached hydrogens (tertiary/aromatic N) is 1. The normalized spacial score (nSPS) is 13.3. The van der Waals surface area contributed by atoms with Gasteiger partial charge in [0.25, 0.3) is 0 Å². The van der Waals surface area contributed by atoms with Crippen LogP contribution in [0.25, 0.3) is 0 Å². The Morgan fingerprint density at radius 2 is 1.95 bits per heavy atom. The SMILES string of the molecule is C[C@H](C(=O)Nc1ccccc1Cl)[S@](=O)CCCC(=O)N(C)C. The van der Waals surface area contributed by atoms with E-state index < -0.39 is 16.0 Å². The van der Waals surface area contributed by atoms with Crippen LogP contribution in [0, 0.1) is 0 Å². The van der Waals surface area contributed by atoms with Gasteiger partial charge in [0.1, 0.15) is 5.25 Å². The van der Waals surface area contributed by atoms with E-state index in [9.17, 15) is 13.8 Å². The predicted molar refractivity (Wildman–Crippen MR) is 90.5 cm³/mol. The van der Waals surface area contributed by atoms with Crippen molar-refractivity contribution in [2.45, 2.75) is 25.0 Å². The van der Waals surface area contributed by atoms with E-state index in [1.165, 1.54) is 4.90 Å². The van der Waals surface area contributed by atoms with Gasteiger partial charge in [-0.15, -0.1) is 0 Å². The molecule has 0 spiro atoms. The number of anilines is 1. The molecular formula is C15H21ClN2O3S. The second-order valence-electron chi connectivity index (χ2n) is 5.09. The lowest BCUT2D eigenvalue weighted by Gasteiger charge is -2.13. The average molecular weight is 345 g/mol. The highest BCUT2D eigenvalue weighted by molar-refractivity contribution is 7.86. The molecule has 0 radical (unpaired) electrons. The number of carbonyl (C=O) groups excluding carboxylic acids is 2. The molecule has 0 aromatic heterocycles. The van der Waals surface area contributed by atoms with Gasteiger partial charge in [-0.25, -0.2) is 0 Å². The molecule has 2 amide bonds. The number of hydrogen-bond donors (Lipinski definition) is 1. The summed E-state index contributed by atoms with van der Waals surface area (Å²) in [5.41, 5.74) is 0.501. The third-order valence-corrected chi connectivity index (χ3v) is 5.15. The van der Waals surface area contributed by atoms with Gasteiger partial charge in [0, 0.05) is 37.1 Å². The molecule has 122 valence electrons. The van der Waals surface area contributed by atoms with Gasteiger partial charge < -0.3 is 10.2 Å². The minimum atomic E-state index is -1.33. The number of halogens is 1. The molecule has 1 N–H and O–H groups in total. The van der Waals surface area contributed by atoms with E-state index in [2.05, 4.69) is 5.32 Å². The van der Waals surface area contributed by atoms with Crippen molar-refractivity contribution in [1.82, 2.24) is 4.90 Å². The molecule has 0 saturated carbocycles. The third-order valence-electron chi connectivity index (χ3n) is 3.13. The van der Waals surface area contributed by atoms with E-state index in [0.29, 0.717) is 29.3 Å². The van der Waals surface area contributed by atoms with E-state index in [1.54, 1.807) is 45.3 Å². The maximum atomic E-state index is 12.1. The summed E-state index contributed by atoms with van der Waals surface area (Å²) in [4.78, 5) is 25.0. The van der Waals surface area contributed by atoms with E-state index in [4.69, 9.17) is 11.6 Å². The third kappa shape index (κ3) is 5.77. The summed E-state index contributed by atoms with van der Waals surface area (Å²) in [6.07, 6.45) is 0.824. The molecule has 0 aliphatic carbocycles. The lowest BCUT2D eigenvalue weighted by Crippen LogP contribution is -2.30. The van der Waals surface area contributed by atoms with Gasteiger partial charge in [0.05, 0.1) is 10.7 Å². The highest BCUT2D eigenvalue weighted by Crippen LogP contribution is 2.20. The zero-order valence-electron chi connectivity index (χ0n) is 13.0. The molecule has 0 aliphatic rings. The number of rotatable bonds is 7. The second-order valence-corrected chi connectivity index (χ2v) is 7.37. The van der Waals surface area contributed by atoms with Crippen molar-refractivity contribution in [2.75, 3.05) is 25.2 Å². The fourth-order valence-corrected chi connectivity index (χ4v) is 2.95. The smallest absolute Gasteiger partial charge is 0.239 e. The first-order chi connectivity index (χ1) is 10.3. The summed E-state index contributed by atoms with van der Waals surface area (Å²) >= 11 is 5.97. The maximum Gasteiger partial charge on any atom is 0.239 e. The standard InChI is InChI=1S/C15H21ClN2O3S/c1-11(22(21)10-6-9-14(19)18(2)3)15(20)17-13-8-5-4-7-12(13)16/h4-5,7-8,11H,6,9-10H2,1-3H3,(H,17,20)/t11-,22-/m1/s1. The second kappa shape index (κ2) is 8.90. The summed E-state index contributed by atoms with van der Waals surface area (Å²) in [5.74, 6) is -0.0352. The van der Waals surface area contributed by atoms with Crippen molar-refractivity contribution >= 4 is 39.9 Å². The van der Waals surface area contributed by atoms with Crippen LogP contribution in [0.5, 0.6) is 0 Å². The molecular weight excluding hydrogens is 324 g/mol. The highest BCUT2D eigenvalue weighted by Gasteiger charge is 2.20. The Morgan fingerprint density at radius 3 is 2.55 bits per heavy atom. The largest absolute Gasteiger partial charge is 0.349 e. The van der Waals surface area contributed by atoms with Gasteiger partial charge in [0.15, 0.2) is 0 Å². The lowest BCUT2D eigenvalue weighted by atomic mass is 10.3. The Labute approximate surface area is 138 Å². The Hall–Kier alpha value is -1.40. The molecule has 0 fully saturated rings. The van der Waals surface area contributed by atoms with Crippen LogP contribution in [-0.2, 0) is 20.4 Å². The van der Waals surface area contributed by atoms with Crippen molar-refractivity contribution < 1.29 is 13.8 Å². The molecule has 5 nitrogen and oxygen atoms in total. The molecule has 7 heteroatoms. The van der Waals surface area contributed by atoms with Crippen molar-refractivity contribution in [3.63, 3.8) is 0 Å². The van der Waals surface area contributed by atoms with Crippen molar-refractivity contribution in [2.24, 2.45) is 0 Å². The maximum absolute atomic E-state index is 12.1. The van der Waals surface area contributed by atoms with Crippen LogP contribution in [-0.4, -0.2) is 46.0 Å². The molecule has 1 aromatic carbocycles. The number of benzene rings is 1. The molecule has 0 heterocycles.